The van der Waals surface area contributed by atoms with Crippen molar-refractivity contribution in [2.75, 3.05) is 11.9 Å². The Morgan fingerprint density at radius 3 is 2.86 bits per heavy atom. The van der Waals surface area contributed by atoms with E-state index in [1.54, 1.807) is 19.1 Å². The Kier molecular flexibility index (Phi) is 5.45. The molecular weight excluding hydrogens is 393 g/mol. The molecule has 0 unspecified atom stereocenters. The first-order valence-electron chi connectivity index (χ1n) is 7.77. The number of hydrogen-bond acceptors (Lipinski definition) is 8. The normalized spacial score (nSPS) is 10.5. The predicted molar refractivity (Wildman–Crippen MR) is 96.5 cm³/mol. The van der Waals surface area contributed by atoms with E-state index in [0.717, 1.165) is 18.2 Å². The summed E-state index contributed by atoms with van der Waals surface area (Å²) in [5.74, 6) is -2.07. The molecule has 0 spiro atoms. The average molecular weight is 405 g/mol. The number of carbonyl (C=O) groups is 2. The van der Waals surface area contributed by atoms with Gasteiger partial charge in [-0.25, -0.2) is 9.78 Å². The first kappa shape index (κ1) is 19.2. The molecule has 3 rings (SSSR count). The predicted octanol–water partition coefficient (Wildman–Crippen LogP) is 3.55. The zero-order chi connectivity index (χ0) is 20.3. The number of nitro groups is 1. The number of halogens is 1. The zero-order valence-corrected chi connectivity index (χ0v) is 15.1. The van der Waals surface area contributed by atoms with Crippen LogP contribution in [0.1, 0.15) is 15.4 Å². The number of ether oxygens (including phenoxy) is 1. The highest BCUT2D eigenvalue weighted by Gasteiger charge is 2.20. The minimum Gasteiger partial charge on any atom is -0.462 e. The van der Waals surface area contributed by atoms with Gasteiger partial charge in [-0.2, -0.15) is 4.39 Å². The summed E-state index contributed by atoms with van der Waals surface area (Å²) in [5, 5.41) is 13.5. The number of aryl methyl sites for hydroxylation is 1. The summed E-state index contributed by atoms with van der Waals surface area (Å²) in [4.78, 5) is 38.6. The molecule has 0 aliphatic rings. The maximum atomic E-state index is 13.3. The topological polar surface area (TPSA) is 125 Å². The number of esters is 1. The number of anilines is 1. The van der Waals surface area contributed by atoms with Gasteiger partial charge in [-0.3, -0.25) is 14.9 Å². The number of rotatable bonds is 6. The molecule has 0 saturated heterocycles. The lowest BCUT2D eigenvalue weighted by Crippen LogP contribution is -2.21. The van der Waals surface area contributed by atoms with Crippen molar-refractivity contribution in [3.8, 4) is 10.8 Å². The van der Waals surface area contributed by atoms with E-state index in [-0.39, 0.29) is 11.4 Å². The lowest BCUT2D eigenvalue weighted by molar-refractivity contribution is -0.387. The summed E-state index contributed by atoms with van der Waals surface area (Å²) < 4.78 is 23.5. The average Bonchev–Trinajstić information content (AvgIpc) is 3.30. The Labute approximate surface area is 160 Å². The Morgan fingerprint density at radius 1 is 1.39 bits per heavy atom. The molecule has 3 aromatic rings. The highest BCUT2D eigenvalue weighted by atomic mass is 32.1. The van der Waals surface area contributed by atoms with Gasteiger partial charge in [-0.05, 0) is 31.2 Å². The second-order valence-corrected chi connectivity index (χ2v) is 6.65. The van der Waals surface area contributed by atoms with Crippen LogP contribution in [-0.2, 0) is 9.53 Å². The fraction of sp³-hybridized carbons (Fsp3) is 0.118. The molecule has 28 heavy (non-hydrogen) atoms. The van der Waals surface area contributed by atoms with Crippen molar-refractivity contribution in [3.05, 3.63) is 63.1 Å². The van der Waals surface area contributed by atoms with Crippen molar-refractivity contribution in [1.82, 2.24) is 4.98 Å². The molecule has 2 heterocycles. The van der Waals surface area contributed by atoms with Gasteiger partial charge < -0.3 is 14.5 Å². The lowest BCUT2D eigenvalue weighted by Gasteiger charge is -2.06. The smallest absolute Gasteiger partial charge is 0.358 e. The number of hydrogen-bond donors (Lipinski definition) is 1. The largest absolute Gasteiger partial charge is 0.462 e. The molecule has 11 heteroatoms. The number of aromatic nitrogens is 1. The van der Waals surface area contributed by atoms with Gasteiger partial charge >= 0.3 is 11.7 Å². The van der Waals surface area contributed by atoms with Crippen LogP contribution in [0.25, 0.3) is 10.8 Å². The number of amides is 1. The summed E-state index contributed by atoms with van der Waals surface area (Å²) in [6.45, 7) is 1.04. The van der Waals surface area contributed by atoms with E-state index in [1.165, 1.54) is 17.6 Å². The Morgan fingerprint density at radius 2 is 2.18 bits per heavy atom. The van der Waals surface area contributed by atoms with Crippen LogP contribution in [0, 0.1) is 22.9 Å². The molecule has 0 saturated carbocycles. The van der Waals surface area contributed by atoms with Crippen LogP contribution in [0.2, 0.25) is 0 Å². The van der Waals surface area contributed by atoms with Gasteiger partial charge in [0.25, 0.3) is 5.91 Å². The number of furan rings is 1. The summed E-state index contributed by atoms with van der Waals surface area (Å²) in [6, 6.07) is 6.27. The van der Waals surface area contributed by atoms with Crippen LogP contribution in [0.15, 0.2) is 41.0 Å². The number of nitrogens with one attached hydrogen (secondary N) is 1. The molecule has 1 N–H and O–H groups in total. The van der Waals surface area contributed by atoms with Gasteiger partial charge in [-0.1, -0.05) is 0 Å². The molecule has 0 aliphatic carbocycles. The van der Waals surface area contributed by atoms with E-state index in [9.17, 15) is 24.1 Å². The van der Waals surface area contributed by atoms with Crippen LogP contribution >= 0.6 is 11.3 Å². The standard InChI is InChI=1S/C17H12FN3O6S/c1-9-15(20-16(28-9)13-3-2-6-26-13)17(23)27-8-14(22)19-10-4-5-11(18)12(7-10)21(24)25/h2-7H,8H2,1H3,(H,19,22). The first-order valence-corrected chi connectivity index (χ1v) is 8.59. The molecule has 1 aromatic carbocycles. The van der Waals surface area contributed by atoms with Crippen molar-refractivity contribution >= 4 is 34.6 Å². The number of nitrogens with zero attached hydrogens (tertiary/aromatic N) is 2. The number of nitro benzene ring substituents is 1. The van der Waals surface area contributed by atoms with Crippen molar-refractivity contribution < 1.29 is 28.1 Å². The zero-order valence-electron chi connectivity index (χ0n) is 14.3. The molecule has 0 aliphatic heterocycles. The highest BCUT2D eigenvalue weighted by molar-refractivity contribution is 7.15. The summed E-state index contributed by atoms with van der Waals surface area (Å²) in [5.41, 5.74) is -0.723. The van der Waals surface area contributed by atoms with Gasteiger partial charge in [0.15, 0.2) is 23.1 Å². The fourth-order valence-electron chi connectivity index (χ4n) is 2.22. The third-order valence-electron chi connectivity index (χ3n) is 3.48. The van der Waals surface area contributed by atoms with E-state index in [0.29, 0.717) is 15.6 Å². The molecular formula is C17H12FN3O6S. The minimum atomic E-state index is -1.03. The third kappa shape index (κ3) is 4.20. The van der Waals surface area contributed by atoms with Crippen LogP contribution < -0.4 is 5.32 Å². The molecule has 9 nitrogen and oxygen atoms in total. The van der Waals surface area contributed by atoms with Gasteiger partial charge in [0.05, 0.1) is 11.2 Å². The summed E-state index contributed by atoms with van der Waals surface area (Å²) >= 11 is 1.24. The second-order valence-electron chi connectivity index (χ2n) is 5.45. The highest BCUT2D eigenvalue weighted by Crippen LogP contribution is 2.28. The van der Waals surface area contributed by atoms with Gasteiger partial charge in [0, 0.05) is 16.6 Å². The Hall–Kier alpha value is -3.60. The first-order chi connectivity index (χ1) is 13.3. The molecule has 2 aromatic heterocycles. The molecule has 0 bridgehead atoms. The molecule has 1 amide bonds. The fourth-order valence-corrected chi connectivity index (χ4v) is 3.09. The second kappa shape index (κ2) is 7.96. The summed E-state index contributed by atoms with van der Waals surface area (Å²) in [7, 11) is 0. The maximum Gasteiger partial charge on any atom is 0.358 e. The van der Waals surface area contributed by atoms with Gasteiger partial charge in [0.1, 0.15) is 0 Å². The Balaban J connectivity index is 1.61. The number of benzene rings is 1. The summed E-state index contributed by atoms with van der Waals surface area (Å²) in [6.07, 6.45) is 1.48. The van der Waals surface area contributed by atoms with Gasteiger partial charge in [0.2, 0.25) is 5.82 Å². The molecule has 0 fully saturated rings. The van der Waals surface area contributed by atoms with E-state index >= 15 is 0 Å². The van der Waals surface area contributed by atoms with Gasteiger partial charge in [-0.15, -0.1) is 11.3 Å². The third-order valence-corrected chi connectivity index (χ3v) is 4.47. The van der Waals surface area contributed by atoms with E-state index < -0.39 is 34.9 Å². The molecule has 144 valence electrons. The van der Waals surface area contributed by atoms with Crippen LogP contribution in [0.5, 0.6) is 0 Å². The van der Waals surface area contributed by atoms with Crippen LogP contribution in [-0.4, -0.2) is 28.4 Å². The van der Waals surface area contributed by atoms with E-state index in [4.69, 9.17) is 9.15 Å². The van der Waals surface area contributed by atoms with E-state index in [1.807, 2.05) is 0 Å². The number of thiazole rings is 1. The maximum absolute atomic E-state index is 13.3. The van der Waals surface area contributed by atoms with Crippen molar-refractivity contribution in [2.24, 2.45) is 0 Å². The monoisotopic (exact) mass is 405 g/mol. The minimum absolute atomic E-state index is 0.000839. The number of carbonyl (C=O) groups excluding carboxylic acids is 2. The SMILES string of the molecule is Cc1sc(-c2ccco2)nc1C(=O)OCC(=O)Nc1ccc(F)c([N+](=O)[O-])c1. The van der Waals surface area contributed by atoms with Crippen LogP contribution in [0.4, 0.5) is 15.8 Å². The van der Waals surface area contributed by atoms with E-state index in [2.05, 4.69) is 10.3 Å². The molecule has 0 radical (unpaired) electrons. The molecule has 0 atom stereocenters. The van der Waals surface area contributed by atoms with Crippen molar-refractivity contribution in [2.45, 2.75) is 6.92 Å². The van der Waals surface area contributed by atoms with Crippen LogP contribution in [0.3, 0.4) is 0 Å². The lowest BCUT2D eigenvalue weighted by atomic mass is 10.2. The Bertz CT molecular complexity index is 1050. The van der Waals surface area contributed by atoms with Crippen molar-refractivity contribution in [1.29, 1.82) is 0 Å². The quantitative estimate of drug-likeness (QED) is 0.378. The van der Waals surface area contributed by atoms with Crippen molar-refractivity contribution in [3.63, 3.8) is 0 Å².